The molecule has 5 heteroatoms. The van der Waals surface area contributed by atoms with E-state index in [2.05, 4.69) is 0 Å². The zero-order valence-electron chi connectivity index (χ0n) is 12.0. The molecule has 2 rings (SSSR count). The topological polar surface area (TPSA) is 63.7 Å². The summed E-state index contributed by atoms with van der Waals surface area (Å²) in [6, 6.07) is 16.7. The lowest BCUT2D eigenvalue weighted by Gasteiger charge is -2.23. The van der Waals surface area contributed by atoms with Crippen molar-refractivity contribution in [2.75, 3.05) is 7.05 Å². The van der Waals surface area contributed by atoms with E-state index in [-0.39, 0.29) is 0 Å². The third-order valence-electron chi connectivity index (χ3n) is 3.05. The van der Waals surface area contributed by atoms with Crippen LogP contribution in [0.1, 0.15) is 20.7 Å². The molecule has 0 heterocycles. The molecule has 1 amide bonds. The van der Waals surface area contributed by atoms with Gasteiger partial charge in [0, 0.05) is 12.6 Å². The maximum absolute atomic E-state index is 12.4. The van der Waals surface area contributed by atoms with Gasteiger partial charge in [0.15, 0.2) is 0 Å². The molecule has 0 aliphatic heterocycles. The summed E-state index contributed by atoms with van der Waals surface area (Å²) in [5.74, 6) is -1.12. The van der Waals surface area contributed by atoms with E-state index in [9.17, 15) is 14.4 Å². The molecule has 0 radical (unpaired) electrons. The molecule has 22 heavy (non-hydrogen) atoms. The summed E-state index contributed by atoms with van der Waals surface area (Å²) in [4.78, 5) is 36.5. The Morgan fingerprint density at radius 3 is 1.95 bits per heavy atom. The number of nitrogens with zero attached hydrogens (tertiary/aromatic N) is 1. The molecule has 0 aliphatic rings. The number of Topliss-reactive ketones (excluding diaryl/α,β-unsaturated/α-hetero) is 1. The highest BCUT2D eigenvalue weighted by molar-refractivity contribution is 6.02. The number of hydrogen-bond donors (Lipinski definition) is 0. The Bertz CT molecular complexity index is 655. The minimum absolute atomic E-state index is 0.313. The molecular formula is C17H15NO4. The quantitative estimate of drug-likeness (QED) is 0.355. The van der Waals surface area contributed by atoms with Crippen LogP contribution in [0, 0.1) is 0 Å². The van der Waals surface area contributed by atoms with Gasteiger partial charge in [0.1, 0.15) is 0 Å². The molecule has 0 saturated heterocycles. The number of carbonyl (C=O) groups is 3. The lowest BCUT2D eigenvalue weighted by molar-refractivity contribution is -0.123. The monoisotopic (exact) mass is 297 g/mol. The lowest BCUT2D eigenvalue weighted by Crippen LogP contribution is -2.41. The number of ketones is 1. The van der Waals surface area contributed by atoms with Crippen molar-refractivity contribution in [2.45, 2.75) is 6.23 Å². The highest BCUT2D eigenvalue weighted by Crippen LogP contribution is 2.11. The van der Waals surface area contributed by atoms with Crippen LogP contribution < -0.4 is 0 Å². The van der Waals surface area contributed by atoms with Crippen LogP contribution in [0.3, 0.4) is 0 Å². The third kappa shape index (κ3) is 3.58. The summed E-state index contributed by atoms with van der Waals surface area (Å²) in [6.07, 6.45) is -0.850. The fourth-order valence-electron chi connectivity index (χ4n) is 1.87. The molecule has 2 aromatic rings. The summed E-state index contributed by atoms with van der Waals surface area (Å²) in [5, 5.41) is 0. The van der Waals surface area contributed by atoms with Crippen molar-refractivity contribution in [3.05, 3.63) is 71.8 Å². The second-order valence-electron chi connectivity index (χ2n) is 4.62. The Morgan fingerprint density at radius 1 is 0.955 bits per heavy atom. The van der Waals surface area contributed by atoms with Gasteiger partial charge >= 0.3 is 5.97 Å². The minimum Gasteiger partial charge on any atom is -0.430 e. The molecule has 0 spiro atoms. The smallest absolute Gasteiger partial charge is 0.340 e. The summed E-state index contributed by atoms with van der Waals surface area (Å²) in [6.45, 7) is 0. The first-order valence-corrected chi connectivity index (χ1v) is 6.66. The molecule has 112 valence electrons. The molecule has 0 saturated carbocycles. The summed E-state index contributed by atoms with van der Waals surface area (Å²) in [7, 11) is 1.39. The van der Waals surface area contributed by atoms with Crippen LogP contribution in [-0.2, 0) is 9.53 Å². The van der Waals surface area contributed by atoms with Gasteiger partial charge in [0.2, 0.25) is 18.4 Å². The second-order valence-corrected chi connectivity index (χ2v) is 4.62. The van der Waals surface area contributed by atoms with Crippen molar-refractivity contribution >= 4 is 18.2 Å². The largest absolute Gasteiger partial charge is 0.430 e. The second kappa shape index (κ2) is 7.17. The summed E-state index contributed by atoms with van der Waals surface area (Å²) >= 11 is 0. The molecular weight excluding hydrogens is 282 g/mol. The van der Waals surface area contributed by atoms with Crippen LogP contribution >= 0.6 is 0 Å². The molecule has 2 aromatic carbocycles. The number of likely N-dealkylation sites (N-methyl/N-ethyl adjacent to an activating group) is 1. The molecule has 1 unspecified atom stereocenters. The van der Waals surface area contributed by atoms with Gasteiger partial charge in [-0.1, -0.05) is 48.5 Å². The molecule has 0 aliphatic carbocycles. The van der Waals surface area contributed by atoms with Crippen molar-refractivity contribution in [1.82, 2.24) is 4.90 Å². The van der Waals surface area contributed by atoms with Gasteiger partial charge in [-0.2, -0.15) is 0 Å². The minimum atomic E-state index is -1.30. The van der Waals surface area contributed by atoms with Crippen molar-refractivity contribution in [3.63, 3.8) is 0 Å². The van der Waals surface area contributed by atoms with Crippen molar-refractivity contribution < 1.29 is 19.1 Å². The van der Waals surface area contributed by atoms with Gasteiger partial charge in [-0.3, -0.25) is 9.59 Å². The standard InChI is InChI=1S/C17H15NO4/c1-18(12-19)16(15(20)13-8-4-2-5-9-13)22-17(21)14-10-6-3-7-11-14/h2-12,16H,1H3. The van der Waals surface area contributed by atoms with Gasteiger partial charge in [0.25, 0.3) is 0 Å². The Labute approximate surface area is 128 Å². The van der Waals surface area contributed by atoms with Crippen molar-refractivity contribution in [2.24, 2.45) is 0 Å². The number of hydrogen-bond acceptors (Lipinski definition) is 4. The fourth-order valence-corrected chi connectivity index (χ4v) is 1.87. The van der Waals surface area contributed by atoms with E-state index in [1.807, 2.05) is 0 Å². The molecule has 0 N–H and O–H groups in total. The van der Waals surface area contributed by atoms with Crippen LogP contribution in [-0.4, -0.2) is 36.3 Å². The van der Waals surface area contributed by atoms with Gasteiger partial charge < -0.3 is 9.64 Å². The molecule has 1 atom stereocenters. The van der Waals surface area contributed by atoms with Crippen LogP contribution in [0.4, 0.5) is 0 Å². The van der Waals surface area contributed by atoms with Crippen LogP contribution in [0.5, 0.6) is 0 Å². The summed E-state index contributed by atoms with van der Waals surface area (Å²) in [5.41, 5.74) is 0.676. The molecule has 0 aromatic heterocycles. The predicted molar refractivity (Wildman–Crippen MR) is 80.2 cm³/mol. The Hall–Kier alpha value is -2.95. The van der Waals surface area contributed by atoms with Crippen molar-refractivity contribution in [3.8, 4) is 0 Å². The van der Waals surface area contributed by atoms with Gasteiger partial charge in [-0.05, 0) is 12.1 Å². The van der Waals surface area contributed by atoms with Crippen LogP contribution in [0.2, 0.25) is 0 Å². The molecule has 0 fully saturated rings. The Morgan fingerprint density at radius 2 is 1.45 bits per heavy atom. The van der Waals surface area contributed by atoms with E-state index >= 15 is 0 Å². The SMILES string of the molecule is CN(C=O)C(OC(=O)c1ccccc1)C(=O)c1ccccc1. The van der Waals surface area contributed by atoms with Crippen LogP contribution in [0.25, 0.3) is 0 Å². The van der Waals surface area contributed by atoms with Crippen LogP contribution in [0.15, 0.2) is 60.7 Å². The summed E-state index contributed by atoms with van der Waals surface area (Å²) < 4.78 is 5.21. The average Bonchev–Trinajstić information content (AvgIpc) is 2.59. The Kier molecular flexibility index (Phi) is 5.03. The van der Waals surface area contributed by atoms with Gasteiger partial charge in [-0.15, -0.1) is 0 Å². The number of esters is 1. The van der Waals surface area contributed by atoms with E-state index < -0.39 is 18.0 Å². The first-order valence-electron chi connectivity index (χ1n) is 6.66. The maximum atomic E-state index is 12.4. The van der Waals surface area contributed by atoms with E-state index in [1.165, 1.54) is 7.05 Å². The molecule has 5 nitrogen and oxygen atoms in total. The first-order chi connectivity index (χ1) is 10.6. The lowest BCUT2D eigenvalue weighted by atomic mass is 10.1. The molecule has 0 bridgehead atoms. The number of rotatable bonds is 6. The van der Waals surface area contributed by atoms with Crippen molar-refractivity contribution in [1.29, 1.82) is 0 Å². The normalized spacial score (nSPS) is 11.3. The number of ether oxygens (including phenoxy) is 1. The highest BCUT2D eigenvalue weighted by Gasteiger charge is 2.28. The average molecular weight is 297 g/mol. The number of benzene rings is 2. The maximum Gasteiger partial charge on any atom is 0.340 e. The predicted octanol–water partition coefficient (Wildman–Crippen LogP) is 2.14. The highest BCUT2D eigenvalue weighted by atomic mass is 16.6. The fraction of sp³-hybridized carbons (Fsp3) is 0.118. The first kappa shape index (κ1) is 15.4. The van der Waals surface area contributed by atoms with Gasteiger partial charge in [-0.25, -0.2) is 4.79 Å². The number of amides is 1. The zero-order chi connectivity index (χ0) is 15.9. The zero-order valence-corrected chi connectivity index (χ0v) is 12.0. The van der Waals surface area contributed by atoms with Gasteiger partial charge in [0.05, 0.1) is 5.56 Å². The Balaban J connectivity index is 2.22. The van der Waals surface area contributed by atoms with E-state index in [0.29, 0.717) is 17.5 Å². The van der Waals surface area contributed by atoms with E-state index in [4.69, 9.17) is 4.74 Å². The third-order valence-corrected chi connectivity index (χ3v) is 3.05. The van der Waals surface area contributed by atoms with E-state index in [0.717, 1.165) is 4.90 Å². The van der Waals surface area contributed by atoms with E-state index in [1.54, 1.807) is 60.7 Å². The number of carbonyl (C=O) groups excluding carboxylic acids is 3.